The third kappa shape index (κ3) is 3.20. The van der Waals surface area contributed by atoms with E-state index in [9.17, 15) is 0 Å². The molecule has 0 saturated heterocycles. The van der Waals surface area contributed by atoms with Gasteiger partial charge in [0.15, 0.2) is 5.82 Å². The van der Waals surface area contributed by atoms with Gasteiger partial charge in [0.2, 0.25) is 0 Å². The first-order valence-corrected chi connectivity index (χ1v) is 9.35. The quantitative estimate of drug-likeness (QED) is 0.698. The summed E-state index contributed by atoms with van der Waals surface area (Å²) in [6, 6.07) is 10.2. The largest absolute Gasteiger partial charge is 0.352 e. The van der Waals surface area contributed by atoms with Crippen LogP contribution in [0.4, 0.5) is 5.82 Å². The third-order valence-corrected chi connectivity index (χ3v) is 5.55. The smallest absolute Gasteiger partial charge is 0.180 e. The van der Waals surface area contributed by atoms with Crippen LogP contribution in [-0.4, -0.2) is 28.0 Å². The van der Waals surface area contributed by atoms with Crippen LogP contribution in [0.25, 0.3) is 17.1 Å². The molecule has 126 valence electrons. The lowest BCUT2D eigenvalue weighted by Crippen LogP contribution is -2.30. The van der Waals surface area contributed by atoms with Gasteiger partial charge in [-0.15, -0.1) is 11.3 Å². The summed E-state index contributed by atoms with van der Waals surface area (Å²) in [6.07, 6.45) is 5.15. The zero-order chi connectivity index (χ0) is 17.2. The van der Waals surface area contributed by atoms with E-state index < -0.39 is 0 Å². The average Bonchev–Trinajstić information content (AvgIpc) is 3.19. The lowest BCUT2D eigenvalue weighted by Gasteiger charge is -2.29. The minimum Gasteiger partial charge on any atom is -0.352 e. The normalized spacial score (nSPS) is 14.5. The molecule has 5 heteroatoms. The van der Waals surface area contributed by atoms with E-state index in [1.165, 1.54) is 10.5 Å². The number of thiophene rings is 1. The molecule has 3 aromatic heterocycles. The van der Waals surface area contributed by atoms with Crippen molar-refractivity contribution in [3.8, 4) is 11.5 Å². The van der Waals surface area contributed by atoms with Crippen LogP contribution in [0.3, 0.4) is 0 Å². The Balaban J connectivity index is 1.66. The maximum atomic E-state index is 4.84. The van der Waals surface area contributed by atoms with Crippen LogP contribution in [0.15, 0.2) is 48.0 Å². The summed E-state index contributed by atoms with van der Waals surface area (Å²) in [5, 5.41) is 2.14. The molecule has 0 aromatic carbocycles. The maximum Gasteiger partial charge on any atom is 0.180 e. The molecule has 25 heavy (non-hydrogen) atoms. The second-order valence-corrected chi connectivity index (χ2v) is 7.15. The van der Waals surface area contributed by atoms with Crippen LogP contribution in [0.5, 0.6) is 0 Å². The fourth-order valence-electron chi connectivity index (χ4n) is 3.08. The number of nitrogens with zero attached hydrogens (tertiary/aromatic N) is 4. The van der Waals surface area contributed by atoms with Gasteiger partial charge in [-0.1, -0.05) is 18.2 Å². The van der Waals surface area contributed by atoms with E-state index in [1.54, 1.807) is 6.20 Å². The number of aryl methyl sites for hydroxylation is 1. The van der Waals surface area contributed by atoms with Gasteiger partial charge in [0.05, 0.1) is 0 Å². The summed E-state index contributed by atoms with van der Waals surface area (Å²) in [4.78, 5) is 17.6. The highest BCUT2D eigenvalue weighted by atomic mass is 32.1. The monoisotopic (exact) mass is 348 g/mol. The van der Waals surface area contributed by atoms with E-state index in [1.807, 2.05) is 36.5 Å². The highest BCUT2D eigenvalue weighted by molar-refractivity contribution is 7.11. The summed E-state index contributed by atoms with van der Waals surface area (Å²) in [5.41, 5.74) is 4.42. The van der Waals surface area contributed by atoms with E-state index in [0.717, 1.165) is 42.3 Å². The van der Waals surface area contributed by atoms with Crippen LogP contribution in [0.2, 0.25) is 0 Å². The van der Waals surface area contributed by atoms with Crippen LogP contribution in [-0.2, 0) is 0 Å². The molecule has 1 aliphatic heterocycles. The van der Waals surface area contributed by atoms with Gasteiger partial charge in [-0.25, -0.2) is 9.97 Å². The first kappa shape index (κ1) is 16.0. The summed E-state index contributed by atoms with van der Waals surface area (Å²) in [6.45, 7) is 6.00. The Bertz CT molecular complexity index is 901. The van der Waals surface area contributed by atoms with Crippen LogP contribution in [0.1, 0.15) is 22.6 Å². The Labute approximate surface area is 151 Å². The van der Waals surface area contributed by atoms with E-state index >= 15 is 0 Å². The van der Waals surface area contributed by atoms with Crippen molar-refractivity contribution in [1.82, 2.24) is 15.0 Å². The van der Waals surface area contributed by atoms with Crippen LogP contribution >= 0.6 is 11.3 Å². The minimum absolute atomic E-state index is 0.701. The highest BCUT2D eigenvalue weighted by Crippen LogP contribution is 2.30. The molecular formula is C20H20N4S. The molecule has 0 spiro atoms. The van der Waals surface area contributed by atoms with Crippen molar-refractivity contribution < 1.29 is 0 Å². The van der Waals surface area contributed by atoms with Gasteiger partial charge in [0, 0.05) is 35.4 Å². The van der Waals surface area contributed by atoms with Crippen molar-refractivity contribution in [2.24, 2.45) is 0 Å². The van der Waals surface area contributed by atoms with Gasteiger partial charge in [-0.2, -0.15) is 0 Å². The number of hydrogen-bond acceptors (Lipinski definition) is 5. The zero-order valence-electron chi connectivity index (χ0n) is 14.4. The second-order valence-electron chi connectivity index (χ2n) is 6.20. The molecule has 4 heterocycles. The fraction of sp³-hybridized carbons (Fsp3) is 0.250. The number of aromatic nitrogens is 3. The van der Waals surface area contributed by atoms with E-state index in [4.69, 9.17) is 4.98 Å². The predicted molar refractivity (Wildman–Crippen MR) is 104 cm³/mol. The standard InChI is InChI=1S/C20H20N4S/c1-14-15(2)22-19(17-6-3-4-10-21-17)23-20(14)24-11-8-16(9-12-24)18-7-5-13-25-18/h3-8,10,13H,9,11-12H2,1-2H3. The van der Waals surface area contributed by atoms with Crippen molar-refractivity contribution in [1.29, 1.82) is 0 Å². The molecule has 3 aromatic rings. The summed E-state index contributed by atoms with van der Waals surface area (Å²) in [5.74, 6) is 1.72. The van der Waals surface area contributed by atoms with Crippen molar-refractivity contribution in [3.63, 3.8) is 0 Å². The van der Waals surface area contributed by atoms with E-state index in [2.05, 4.69) is 45.4 Å². The third-order valence-electron chi connectivity index (χ3n) is 4.60. The van der Waals surface area contributed by atoms with Gasteiger partial charge in [0.1, 0.15) is 11.5 Å². The molecule has 0 radical (unpaired) electrons. The summed E-state index contributed by atoms with van der Waals surface area (Å²) in [7, 11) is 0. The van der Waals surface area contributed by atoms with E-state index in [-0.39, 0.29) is 0 Å². The number of hydrogen-bond donors (Lipinski definition) is 0. The molecular weight excluding hydrogens is 328 g/mol. The van der Waals surface area contributed by atoms with Gasteiger partial charge in [0.25, 0.3) is 0 Å². The fourth-order valence-corrected chi connectivity index (χ4v) is 3.88. The predicted octanol–water partition coefficient (Wildman–Crippen LogP) is 4.51. The van der Waals surface area contributed by atoms with Crippen LogP contribution < -0.4 is 4.90 Å². The van der Waals surface area contributed by atoms with Gasteiger partial charge in [-0.05, 0) is 49.4 Å². The number of anilines is 1. The van der Waals surface area contributed by atoms with E-state index in [0.29, 0.717) is 5.82 Å². The van der Waals surface area contributed by atoms with Gasteiger partial charge >= 0.3 is 0 Å². The molecule has 0 aliphatic carbocycles. The molecule has 0 bridgehead atoms. The summed E-state index contributed by atoms with van der Waals surface area (Å²) < 4.78 is 0. The Morgan fingerprint density at radius 1 is 1.08 bits per heavy atom. The van der Waals surface area contributed by atoms with Crippen molar-refractivity contribution in [2.45, 2.75) is 20.3 Å². The molecule has 4 nitrogen and oxygen atoms in total. The molecule has 1 aliphatic rings. The summed E-state index contributed by atoms with van der Waals surface area (Å²) >= 11 is 1.81. The van der Waals surface area contributed by atoms with Crippen molar-refractivity contribution in [3.05, 3.63) is 64.1 Å². The molecule has 0 atom stereocenters. The first-order chi connectivity index (χ1) is 12.2. The highest BCUT2D eigenvalue weighted by Gasteiger charge is 2.19. The molecule has 0 unspecified atom stereocenters. The Morgan fingerprint density at radius 2 is 2.00 bits per heavy atom. The lowest BCUT2D eigenvalue weighted by atomic mass is 10.1. The van der Waals surface area contributed by atoms with Crippen molar-refractivity contribution >= 4 is 22.7 Å². The SMILES string of the molecule is Cc1nc(-c2ccccn2)nc(N2CC=C(c3cccs3)CC2)c1C. The Hall–Kier alpha value is -2.53. The Kier molecular flexibility index (Phi) is 4.32. The van der Waals surface area contributed by atoms with Crippen LogP contribution in [0, 0.1) is 13.8 Å². The molecule has 0 N–H and O–H groups in total. The number of pyridine rings is 1. The van der Waals surface area contributed by atoms with Crippen molar-refractivity contribution in [2.75, 3.05) is 18.0 Å². The maximum absolute atomic E-state index is 4.84. The lowest BCUT2D eigenvalue weighted by molar-refractivity contribution is 0.807. The molecule has 0 fully saturated rings. The number of rotatable bonds is 3. The van der Waals surface area contributed by atoms with Gasteiger partial charge in [-0.3, -0.25) is 4.98 Å². The average molecular weight is 348 g/mol. The molecule has 0 saturated carbocycles. The first-order valence-electron chi connectivity index (χ1n) is 8.47. The molecule has 0 amide bonds. The Morgan fingerprint density at radius 3 is 2.68 bits per heavy atom. The minimum atomic E-state index is 0.701. The second kappa shape index (κ2) is 6.76. The zero-order valence-corrected chi connectivity index (χ0v) is 15.3. The topological polar surface area (TPSA) is 41.9 Å². The van der Waals surface area contributed by atoms with Gasteiger partial charge < -0.3 is 4.90 Å². The molecule has 4 rings (SSSR count).